The molecule has 102 valence electrons. The minimum Gasteiger partial charge on any atom is -0.494 e. The van der Waals surface area contributed by atoms with Gasteiger partial charge in [-0.1, -0.05) is 19.4 Å². The molecule has 18 heavy (non-hydrogen) atoms. The first kappa shape index (κ1) is 14.9. The van der Waals surface area contributed by atoms with Gasteiger partial charge in [0.2, 0.25) is 0 Å². The Bertz CT molecular complexity index is 378. The van der Waals surface area contributed by atoms with Gasteiger partial charge in [0, 0.05) is 6.04 Å². The molecule has 0 aliphatic heterocycles. The predicted octanol–water partition coefficient (Wildman–Crippen LogP) is 2.42. The molecule has 0 bridgehead atoms. The average Bonchev–Trinajstić information content (AvgIpc) is 2.35. The Morgan fingerprint density at radius 2 is 2.06 bits per heavy atom. The molecule has 0 amide bonds. The molecule has 0 radical (unpaired) electrons. The second-order valence-corrected chi connectivity index (χ2v) is 4.71. The molecule has 1 rings (SSSR count). The Kier molecular flexibility index (Phi) is 5.56. The first-order chi connectivity index (χ1) is 8.54. The highest BCUT2D eigenvalue weighted by Crippen LogP contribution is 2.31. The largest absolute Gasteiger partial charge is 0.494 e. The van der Waals surface area contributed by atoms with Gasteiger partial charge in [0.15, 0.2) is 11.6 Å². The molecule has 0 aliphatic rings. The van der Waals surface area contributed by atoms with E-state index in [4.69, 9.17) is 10.5 Å². The van der Waals surface area contributed by atoms with E-state index in [9.17, 15) is 4.39 Å². The van der Waals surface area contributed by atoms with Crippen LogP contribution in [0.25, 0.3) is 0 Å². The fraction of sp³-hybridized carbons (Fsp3) is 0.571. The van der Waals surface area contributed by atoms with E-state index in [0.717, 1.165) is 12.0 Å². The third-order valence-electron chi connectivity index (χ3n) is 3.35. The van der Waals surface area contributed by atoms with Crippen LogP contribution >= 0.6 is 0 Å². The number of ether oxygens (including phenoxy) is 1. The van der Waals surface area contributed by atoms with E-state index in [1.165, 1.54) is 7.11 Å². The highest BCUT2D eigenvalue weighted by Gasteiger charge is 2.23. The van der Waals surface area contributed by atoms with E-state index in [1.807, 2.05) is 20.2 Å². The van der Waals surface area contributed by atoms with Gasteiger partial charge in [-0.05, 0) is 44.3 Å². The van der Waals surface area contributed by atoms with E-state index in [-0.39, 0.29) is 17.6 Å². The maximum atomic E-state index is 13.8. The first-order valence-electron chi connectivity index (χ1n) is 6.25. The van der Waals surface area contributed by atoms with Gasteiger partial charge < -0.3 is 15.4 Å². The molecular formula is C14H23FN2O. The lowest BCUT2D eigenvalue weighted by molar-refractivity contribution is 0.210. The molecule has 1 aromatic rings. The van der Waals surface area contributed by atoms with Crippen LogP contribution in [-0.4, -0.2) is 32.6 Å². The lowest BCUT2D eigenvalue weighted by Gasteiger charge is -2.31. The summed E-state index contributed by atoms with van der Waals surface area (Å²) >= 11 is 0. The average molecular weight is 254 g/mol. The standard InChI is InChI=1S/C14H23FN2O/c1-5-10(9-16)14(17(2)3)11-6-7-13(18-4)12(15)8-11/h6-8,10,14H,5,9,16H2,1-4H3. The molecule has 0 aromatic heterocycles. The molecule has 0 aliphatic carbocycles. The zero-order chi connectivity index (χ0) is 13.7. The number of methoxy groups -OCH3 is 1. The minimum absolute atomic E-state index is 0.125. The number of benzene rings is 1. The van der Waals surface area contributed by atoms with E-state index < -0.39 is 0 Å². The smallest absolute Gasteiger partial charge is 0.165 e. The van der Waals surface area contributed by atoms with Gasteiger partial charge in [-0.2, -0.15) is 0 Å². The van der Waals surface area contributed by atoms with E-state index >= 15 is 0 Å². The Morgan fingerprint density at radius 1 is 1.39 bits per heavy atom. The van der Waals surface area contributed by atoms with Crippen molar-refractivity contribution < 1.29 is 9.13 Å². The van der Waals surface area contributed by atoms with Crippen LogP contribution in [0.1, 0.15) is 24.9 Å². The highest BCUT2D eigenvalue weighted by atomic mass is 19.1. The summed E-state index contributed by atoms with van der Waals surface area (Å²) in [5, 5.41) is 0. The number of rotatable bonds is 6. The number of halogens is 1. The molecule has 4 heteroatoms. The zero-order valence-electron chi connectivity index (χ0n) is 11.6. The Morgan fingerprint density at radius 3 is 2.44 bits per heavy atom. The quantitative estimate of drug-likeness (QED) is 0.847. The monoisotopic (exact) mass is 254 g/mol. The van der Waals surface area contributed by atoms with Crippen LogP contribution in [-0.2, 0) is 0 Å². The summed E-state index contributed by atoms with van der Waals surface area (Å²) in [4.78, 5) is 2.09. The van der Waals surface area contributed by atoms with Crippen molar-refractivity contribution in [2.24, 2.45) is 11.7 Å². The SMILES string of the molecule is CCC(CN)C(c1ccc(OC)c(F)c1)N(C)C. The molecule has 2 atom stereocenters. The third-order valence-corrected chi connectivity index (χ3v) is 3.35. The Hall–Kier alpha value is -1.13. The van der Waals surface area contributed by atoms with E-state index in [1.54, 1.807) is 12.1 Å². The van der Waals surface area contributed by atoms with Crippen LogP contribution in [0, 0.1) is 11.7 Å². The lowest BCUT2D eigenvalue weighted by Crippen LogP contribution is -2.31. The van der Waals surface area contributed by atoms with Gasteiger partial charge in [0.1, 0.15) is 0 Å². The number of hydrogen-bond donors (Lipinski definition) is 1. The molecule has 1 aromatic carbocycles. The summed E-state index contributed by atoms with van der Waals surface area (Å²) in [6.45, 7) is 2.70. The molecule has 0 saturated carbocycles. The number of nitrogens with zero attached hydrogens (tertiary/aromatic N) is 1. The van der Waals surface area contributed by atoms with Crippen molar-refractivity contribution in [3.63, 3.8) is 0 Å². The maximum absolute atomic E-state index is 13.8. The van der Waals surface area contributed by atoms with Gasteiger partial charge >= 0.3 is 0 Å². The van der Waals surface area contributed by atoms with Gasteiger partial charge in [0.05, 0.1) is 7.11 Å². The first-order valence-corrected chi connectivity index (χ1v) is 6.25. The van der Waals surface area contributed by atoms with E-state index in [2.05, 4.69) is 11.8 Å². The number of nitrogens with two attached hydrogens (primary N) is 1. The third kappa shape index (κ3) is 3.21. The molecule has 2 N–H and O–H groups in total. The Labute approximate surface area is 109 Å². The van der Waals surface area contributed by atoms with Crippen LogP contribution in [0.2, 0.25) is 0 Å². The van der Waals surface area contributed by atoms with Crippen molar-refractivity contribution in [2.45, 2.75) is 19.4 Å². The molecule has 2 unspecified atom stereocenters. The van der Waals surface area contributed by atoms with Gasteiger partial charge in [-0.25, -0.2) is 4.39 Å². The second kappa shape index (κ2) is 6.71. The van der Waals surface area contributed by atoms with Crippen LogP contribution in [0.15, 0.2) is 18.2 Å². The molecule has 0 spiro atoms. The number of hydrogen-bond acceptors (Lipinski definition) is 3. The molecular weight excluding hydrogens is 231 g/mol. The van der Waals surface area contributed by atoms with Crippen molar-refractivity contribution >= 4 is 0 Å². The summed E-state index contributed by atoms with van der Waals surface area (Å²) in [6.07, 6.45) is 0.965. The summed E-state index contributed by atoms with van der Waals surface area (Å²) in [5.41, 5.74) is 6.75. The minimum atomic E-state index is -0.325. The second-order valence-electron chi connectivity index (χ2n) is 4.71. The van der Waals surface area contributed by atoms with Crippen molar-refractivity contribution in [3.05, 3.63) is 29.6 Å². The van der Waals surface area contributed by atoms with Gasteiger partial charge in [-0.15, -0.1) is 0 Å². The molecule has 0 heterocycles. The lowest BCUT2D eigenvalue weighted by atomic mass is 9.90. The van der Waals surface area contributed by atoms with Crippen molar-refractivity contribution in [3.8, 4) is 5.75 Å². The maximum Gasteiger partial charge on any atom is 0.165 e. The molecule has 0 fully saturated rings. The van der Waals surface area contributed by atoms with Crippen LogP contribution in [0.4, 0.5) is 4.39 Å². The van der Waals surface area contributed by atoms with Crippen molar-refractivity contribution in [1.29, 1.82) is 0 Å². The fourth-order valence-electron chi connectivity index (χ4n) is 2.38. The summed E-state index contributed by atoms with van der Waals surface area (Å²) < 4.78 is 18.7. The zero-order valence-corrected chi connectivity index (χ0v) is 11.6. The van der Waals surface area contributed by atoms with Crippen molar-refractivity contribution in [2.75, 3.05) is 27.7 Å². The Balaban J connectivity index is 3.10. The summed E-state index contributed by atoms with van der Waals surface area (Å²) in [7, 11) is 5.45. The van der Waals surface area contributed by atoms with Crippen LogP contribution in [0.5, 0.6) is 5.75 Å². The molecule has 3 nitrogen and oxygen atoms in total. The van der Waals surface area contributed by atoms with Crippen LogP contribution < -0.4 is 10.5 Å². The van der Waals surface area contributed by atoms with Gasteiger partial charge in [0.25, 0.3) is 0 Å². The molecule has 0 saturated heterocycles. The summed E-state index contributed by atoms with van der Waals surface area (Å²) in [5.74, 6) is 0.263. The topological polar surface area (TPSA) is 38.5 Å². The highest BCUT2D eigenvalue weighted by molar-refractivity contribution is 5.31. The van der Waals surface area contributed by atoms with Crippen molar-refractivity contribution in [1.82, 2.24) is 4.90 Å². The summed E-state index contributed by atoms with van der Waals surface area (Å²) in [6, 6.07) is 5.25. The van der Waals surface area contributed by atoms with Crippen LogP contribution in [0.3, 0.4) is 0 Å². The normalized spacial score (nSPS) is 14.6. The van der Waals surface area contributed by atoms with Gasteiger partial charge in [-0.3, -0.25) is 0 Å². The fourth-order valence-corrected chi connectivity index (χ4v) is 2.38. The van der Waals surface area contributed by atoms with E-state index in [0.29, 0.717) is 12.5 Å². The predicted molar refractivity (Wildman–Crippen MR) is 72.2 cm³/mol.